The van der Waals surface area contributed by atoms with Crippen LogP contribution in [0.5, 0.6) is 0 Å². The second kappa shape index (κ2) is 6.09. The fraction of sp³-hybridized carbons (Fsp3) is 0.636. The molecule has 0 bridgehead atoms. The van der Waals surface area contributed by atoms with Gasteiger partial charge in [-0.15, -0.1) is 0 Å². The van der Waals surface area contributed by atoms with Crippen LogP contribution in [0.2, 0.25) is 5.15 Å². The number of aromatic nitrogens is 2. The first-order valence-corrected chi connectivity index (χ1v) is 7.19. The monoisotopic (exact) mass is 406 g/mol. The van der Waals surface area contributed by atoms with Gasteiger partial charge in [0.2, 0.25) is 0 Å². The van der Waals surface area contributed by atoms with Gasteiger partial charge in [-0.25, -0.2) is 9.97 Å². The largest absolute Gasteiger partial charge is 0.411 e. The summed E-state index contributed by atoms with van der Waals surface area (Å²) in [6.45, 7) is -1.32. The van der Waals surface area contributed by atoms with Crippen molar-refractivity contribution < 1.29 is 17.9 Å². The Bertz CT molecular complexity index is 466. The highest BCUT2D eigenvalue weighted by Gasteiger charge is 2.29. The third-order valence-corrected chi connectivity index (χ3v) is 4.24. The Morgan fingerprint density at radius 1 is 1.32 bits per heavy atom. The van der Waals surface area contributed by atoms with Crippen LogP contribution in [0.1, 0.15) is 30.3 Å². The number of ether oxygens (including phenoxy) is 1. The number of hydrogen-bond donors (Lipinski definition) is 0. The van der Waals surface area contributed by atoms with Crippen molar-refractivity contribution in [3.8, 4) is 0 Å². The van der Waals surface area contributed by atoms with Crippen molar-refractivity contribution >= 4 is 34.2 Å². The quantitative estimate of drug-likeness (QED) is 0.425. The fourth-order valence-electron chi connectivity index (χ4n) is 1.57. The van der Waals surface area contributed by atoms with Crippen LogP contribution in [-0.4, -0.2) is 29.4 Å². The Kier molecular flexibility index (Phi) is 4.88. The molecule has 2 rings (SSSR count). The van der Waals surface area contributed by atoms with Gasteiger partial charge in [0.25, 0.3) is 0 Å². The van der Waals surface area contributed by atoms with Crippen LogP contribution in [0.15, 0.2) is 0 Å². The average Bonchev–Trinajstić information content (AvgIpc) is 3.11. The van der Waals surface area contributed by atoms with Crippen LogP contribution in [-0.2, 0) is 11.2 Å². The van der Waals surface area contributed by atoms with E-state index in [9.17, 15) is 13.2 Å². The van der Waals surface area contributed by atoms with Gasteiger partial charge in [0.1, 0.15) is 17.6 Å². The van der Waals surface area contributed by atoms with E-state index in [0.717, 1.165) is 22.1 Å². The van der Waals surface area contributed by atoms with Gasteiger partial charge in [-0.1, -0.05) is 11.6 Å². The van der Waals surface area contributed by atoms with Crippen molar-refractivity contribution in [1.82, 2.24) is 9.97 Å². The summed E-state index contributed by atoms with van der Waals surface area (Å²) in [5.74, 6) is 0.858. The second-order valence-electron chi connectivity index (χ2n) is 4.32. The number of alkyl halides is 3. The Balaban J connectivity index is 1.93. The molecule has 1 saturated carbocycles. The molecule has 0 aromatic carbocycles. The zero-order valence-electron chi connectivity index (χ0n) is 9.81. The molecular formula is C11H11ClF3IN2O. The minimum atomic E-state index is -4.30. The molecule has 1 aromatic heterocycles. The normalized spacial score (nSPS) is 15.8. The first kappa shape index (κ1) is 15.2. The Hall–Kier alpha value is -0.150. The van der Waals surface area contributed by atoms with Gasteiger partial charge < -0.3 is 4.74 Å². The highest BCUT2D eigenvalue weighted by molar-refractivity contribution is 14.1. The summed E-state index contributed by atoms with van der Waals surface area (Å²) < 4.78 is 41.1. The van der Waals surface area contributed by atoms with E-state index in [1.54, 1.807) is 0 Å². The molecule has 1 aliphatic carbocycles. The van der Waals surface area contributed by atoms with Crippen molar-refractivity contribution in [2.75, 3.05) is 13.2 Å². The van der Waals surface area contributed by atoms with E-state index in [2.05, 4.69) is 37.3 Å². The molecule has 0 atom stereocenters. The predicted molar refractivity (Wildman–Crippen MR) is 72.3 cm³/mol. The molecule has 106 valence electrons. The molecule has 0 unspecified atom stereocenters. The highest BCUT2D eigenvalue weighted by atomic mass is 127. The number of halogens is 5. The number of rotatable bonds is 5. The van der Waals surface area contributed by atoms with Crippen molar-refractivity contribution in [2.45, 2.75) is 31.4 Å². The van der Waals surface area contributed by atoms with Crippen LogP contribution >= 0.6 is 34.2 Å². The molecule has 0 saturated heterocycles. The summed E-state index contributed by atoms with van der Waals surface area (Å²) in [4.78, 5) is 8.43. The van der Waals surface area contributed by atoms with E-state index in [-0.39, 0.29) is 13.0 Å². The lowest BCUT2D eigenvalue weighted by atomic mass is 10.3. The zero-order chi connectivity index (χ0) is 14.0. The van der Waals surface area contributed by atoms with Gasteiger partial charge in [0, 0.05) is 12.3 Å². The molecule has 1 aliphatic rings. The third kappa shape index (κ3) is 4.71. The average molecular weight is 407 g/mol. The molecule has 8 heteroatoms. The maximum Gasteiger partial charge on any atom is 0.411 e. The van der Waals surface area contributed by atoms with Crippen LogP contribution in [0.3, 0.4) is 0 Å². The molecule has 0 radical (unpaired) electrons. The minimum absolute atomic E-state index is 0.0689. The molecule has 0 spiro atoms. The van der Waals surface area contributed by atoms with E-state index in [4.69, 9.17) is 11.6 Å². The Morgan fingerprint density at radius 2 is 2.00 bits per heavy atom. The van der Waals surface area contributed by atoms with Crippen LogP contribution in [0, 0.1) is 3.57 Å². The summed E-state index contributed by atoms with van der Waals surface area (Å²) in [6, 6.07) is 0. The SMILES string of the molecule is FC(F)(F)COCCc1nc(Cl)c(I)c(C2CC2)n1. The first-order chi connectivity index (χ1) is 8.87. The van der Waals surface area contributed by atoms with Crippen LogP contribution < -0.4 is 0 Å². The third-order valence-electron chi connectivity index (χ3n) is 2.58. The summed E-state index contributed by atoms with van der Waals surface area (Å²) in [6.07, 6.45) is -1.92. The van der Waals surface area contributed by atoms with Gasteiger partial charge >= 0.3 is 6.18 Å². The van der Waals surface area contributed by atoms with Crippen molar-refractivity contribution in [3.05, 3.63) is 20.2 Å². The van der Waals surface area contributed by atoms with Crippen LogP contribution in [0.25, 0.3) is 0 Å². The Labute approximate surface area is 127 Å². The second-order valence-corrected chi connectivity index (χ2v) is 5.76. The molecular weight excluding hydrogens is 395 g/mol. The standard InChI is InChI=1S/C11H11ClF3IN2O/c12-10-8(16)9(6-1-2-6)17-7(18-10)3-4-19-5-11(13,14)15/h6H,1-5H2. The summed E-state index contributed by atoms with van der Waals surface area (Å²) in [7, 11) is 0. The maximum atomic E-state index is 11.9. The molecule has 19 heavy (non-hydrogen) atoms. The van der Waals surface area contributed by atoms with Gasteiger partial charge in [0.15, 0.2) is 0 Å². The van der Waals surface area contributed by atoms with Crippen LogP contribution in [0.4, 0.5) is 13.2 Å². The topological polar surface area (TPSA) is 35.0 Å². The molecule has 1 aromatic rings. The molecule has 0 aliphatic heterocycles. The zero-order valence-corrected chi connectivity index (χ0v) is 12.7. The van der Waals surface area contributed by atoms with Gasteiger partial charge in [-0.2, -0.15) is 13.2 Å². The fourth-order valence-corrected chi connectivity index (χ4v) is 2.45. The first-order valence-electron chi connectivity index (χ1n) is 5.73. The van der Waals surface area contributed by atoms with E-state index < -0.39 is 12.8 Å². The van der Waals surface area contributed by atoms with E-state index in [1.165, 1.54) is 0 Å². The summed E-state index contributed by atoms with van der Waals surface area (Å²) in [5.41, 5.74) is 0.909. The van der Waals surface area contributed by atoms with Crippen molar-refractivity contribution in [2.24, 2.45) is 0 Å². The smallest absolute Gasteiger partial charge is 0.372 e. The maximum absolute atomic E-state index is 11.9. The van der Waals surface area contributed by atoms with Gasteiger partial charge in [-0.3, -0.25) is 0 Å². The highest BCUT2D eigenvalue weighted by Crippen LogP contribution is 2.42. The van der Waals surface area contributed by atoms with E-state index in [0.29, 0.717) is 16.9 Å². The predicted octanol–water partition coefficient (Wildman–Crippen LogP) is 3.73. The molecule has 1 heterocycles. The van der Waals surface area contributed by atoms with E-state index in [1.807, 2.05) is 0 Å². The van der Waals surface area contributed by atoms with Gasteiger partial charge in [-0.05, 0) is 35.4 Å². The summed E-state index contributed by atoms with van der Waals surface area (Å²) >= 11 is 8.09. The number of nitrogens with zero attached hydrogens (tertiary/aromatic N) is 2. The lowest BCUT2D eigenvalue weighted by Crippen LogP contribution is -2.18. The number of hydrogen-bond acceptors (Lipinski definition) is 3. The lowest BCUT2D eigenvalue weighted by Gasteiger charge is -2.09. The molecule has 1 fully saturated rings. The van der Waals surface area contributed by atoms with Crippen molar-refractivity contribution in [1.29, 1.82) is 0 Å². The lowest BCUT2D eigenvalue weighted by molar-refractivity contribution is -0.173. The molecule has 0 N–H and O–H groups in total. The van der Waals surface area contributed by atoms with Crippen molar-refractivity contribution in [3.63, 3.8) is 0 Å². The summed E-state index contributed by atoms with van der Waals surface area (Å²) in [5, 5.41) is 0.364. The van der Waals surface area contributed by atoms with E-state index >= 15 is 0 Å². The van der Waals surface area contributed by atoms with Gasteiger partial charge in [0.05, 0.1) is 15.9 Å². The molecule has 0 amide bonds. The minimum Gasteiger partial charge on any atom is -0.372 e. The molecule has 3 nitrogen and oxygen atoms in total. The Morgan fingerprint density at radius 3 is 2.58 bits per heavy atom.